The van der Waals surface area contributed by atoms with E-state index >= 15 is 0 Å². The predicted molar refractivity (Wildman–Crippen MR) is 147 cm³/mol. The van der Waals surface area contributed by atoms with E-state index in [1.165, 1.54) is 36.0 Å². The third kappa shape index (κ3) is 7.29. The number of nitro groups is 1. The van der Waals surface area contributed by atoms with E-state index in [2.05, 4.69) is 10.9 Å². The number of nitro benzene ring substituents is 1. The lowest BCUT2D eigenvalue weighted by molar-refractivity contribution is -0.385. The Morgan fingerprint density at radius 1 is 1.08 bits per heavy atom. The van der Waals surface area contributed by atoms with Crippen molar-refractivity contribution in [3.63, 3.8) is 0 Å². The lowest BCUT2D eigenvalue weighted by Crippen LogP contribution is -2.41. The average Bonchev–Trinajstić information content (AvgIpc) is 3.18. The van der Waals surface area contributed by atoms with Crippen LogP contribution in [-0.2, 0) is 9.59 Å². The second-order valence-electron chi connectivity index (χ2n) is 8.03. The lowest BCUT2D eigenvalue weighted by Gasteiger charge is -2.14. The van der Waals surface area contributed by atoms with E-state index in [9.17, 15) is 24.5 Å². The Hall–Kier alpha value is -3.97. The van der Waals surface area contributed by atoms with E-state index in [0.717, 1.165) is 5.56 Å². The molecule has 3 amide bonds. The fraction of sp³-hybridized carbons (Fsp3) is 0.280. The summed E-state index contributed by atoms with van der Waals surface area (Å²) >= 11 is 6.61. The zero-order valence-electron chi connectivity index (χ0n) is 20.7. The van der Waals surface area contributed by atoms with E-state index in [4.69, 9.17) is 21.7 Å². The standard InChI is InChI=1S/C25H26N4O7S2/c1-35-19-12-11-16(14-20(19)36-2)15-21-24(32)28(25(37)38-21)13-7-3-4-10-22(30)26-27-23(31)17-8-5-6-9-18(17)29(33)34/h5-6,8-9,11-12,14-15H,3-4,7,10,13H2,1-2H3,(H,26,30)(H,27,31)/b21-15-. The summed E-state index contributed by atoms with van der Waals surface area (Å²) in [6, 6.07) is 10.8. The fourth-order valence-corrected chi connectivity index (χ4v) is 4.91. The second kappa shape index (κ2) is 13.5. The van der Waals surface area contributed by atoms with Crippen molar-refractivity contribution in [2.45, 2.75) is 25.7 Å². The summed E-state index contributed by atoms with van der Waals surface area (Å²) in [5.41, 5.74) is 4.73. The number of rotatable bonds is 11. The zero-order chi connectivity index (χ0) is 27.7. The summed E-state index contributed by atoms with van der Waals surface area (Å²) in [4.78, 5) is 49.5. The minimum atomic E-state index is -0.777. The van der Waals surface area contributed by atoms with Crippen molar-refractivity contribution < 1.29 is 28.8 Å². The van der Waals surface area contributed by atoms with Crippen LogP contribution in [0.5, 0.6) is 11.5 Å². The van der Waals surface area contributed by atoms with Gasteiger partial charge in [0, 0.05) is 19.0 Å². The van der Waals surface area contributed by atoms with Crippen molar-refractivity contribution in [1.82, 2.24) is 15.8 Å². The van der Waals surface area contributed by atoms with Gasteiger partial charge in [0.2, 0.25) is 5.91 Å². The van der Waals surface area contributed by atoms with Crippen molar-refractivity contribution in [3.05, 3.63) is 68.6 Å². The number of hydrogen-bond donors (Lipinski definition) is 2. The molecule has 2 aromatic carbocycles. The maximum absolute atomic E-state index is 12.8. The number of amides is 3. The highest BCUT2D eigenvalue weighted by Gasteiger charge is 2.31. The molecule has 3 rings (SSSR count). The van der Waals surface area contributed by atoms with Crippen LogP contribution in [0.25, 0.3) is 6.08 Å². The smallest absolute Gasteiger partial charge is 0.282 e. The number of carbonyl (C=O) groups is 3. The Balaban J connectivity index is 1.42. The molecule has 1 aliphatic rings. The normalized spacial score (nSPS) is 13.9. The zero-order valence-corrected chi connectivity index (χ0v) is 22.4. The van der Waals surface area contributed by atoms with Gasteiger partial charge in [-0.1, -0.05) is 48.6 Å². The van der Waals surface area contributed by atoms with Gasteiger partial charge < -0.3 is 9.47 Å². The number of nitrogens with zero attached hydrogens (tertiary/aromatic N) is 2. The molecule has 13 heteroatoms. The summed E-state index contributed by atoms with van der Waals surface area (Å²) in [6.07, 6.45) is 3.69. The van der Waals surface area contributed by atoms with E-state index < -0.39 is 16.7 Å². The number of nitrogens with one attached hydrogen (secondary N) is 2. The third-order valence-corrected chi connectivity index (χ3v) is 6.90. The Morgan fingerprint density at radius 3 is 2.53 bits per heavy atom. The van der Waals surface area contributed by atoms with Gasteiger partial charge in [0.25, 0.3) is 17.5 Å². The molecule has 11 nitrogen and oxygen atoms in total. The maximum Gasteiger partial charge on any atom is 0.282 e. The highest BCUT2D eigenvalue weighted by atomic mass is 32.2. The number of unbranched alkanes of at least 4 members (excludes halogenated alkanes) is 2. The third-order valence-electron chi connectivity index (χ3n) is 5.53. The van der Waals surface area contributed by atoms with Gasteiger partial charge in [0.1, 0.15) is 9.88 Å². The lowest BCUT2D eigenvalue weighted by atomic mass is 10.1. The highest BCUT2D eigenvalue weighted by molar-refractivity contribution is 8.26. The number of hydrogen-bond acceptors (Lipinski definition) is 9. The molecule has 1 heterocycles. The SMILES string of the molecule is COc1ccc(/C=C2\SC(=S)N(CCCCCC(=O)NNC(=O)c3ccccc3[N+](=O)[O-])C2=O)cc1OC. The minimum Gasteiger partial charge on any atom is -0.493 e. The molecule has 1 fully saturated rings. The molecular weight excluding hydrogens is 532 g/mol. The number of ether oxygens (including phenoxy) is 2. The summed E-state index contributed by atoms with van der Waals surface area (Å²) < 4.78 is 11.0. The topological polar surface area (TPSA) is 140 Å². The maximum atomic E-state index is 12.8. The average molecular weight is 559 g/mol. The first-order chi connectivity index (χ1) is 18.2. The molecule has 0 radical (unpaired) electrons. The monoisotopic (exact) mass is 558 g/mol. The molecule has 1 saturated heterocycles. The summed E-state index contributed by atoms with van der Waals surface area (Å²) in [7, 11) is 3.09. The number of thiocarbonyl (C=S) groups is 1. The van der Waals surface area contributed by atoms with Gasteiger partial charge in [-0.25, -0.2) is 0 Å². The molecule has 1 aliphatic heterocycles. The van der Waals surface area contributed by atoms with Gasteiger partial charge in [0.05, 0.1) is 24.0 Å². The number of thioether (sulfide) groups is 1. The molecule has 2 aromatic rings. The van der Waals surface area contributed by atoms with Crippen LogP contribution in [0, 0.1) is 10.1 Å². The quantitative estimate of drug-likeness (QED) is 0.138. The van der Waals surface area contributed by atoms with Gasteiger partial charge in [-0.3, -0.25) is 40.2 Å². The Morgan fingerprint density at radius 2 is 1.82 bits per heavy atom. The van der Waals surface area contributed by atoms with Crippen LogP contribution in [0.15, 0.2) is 47.4 Å². The van der Waals surface area contributed by atoms with Crippen LogP contribution < -0.4 is 20.3 Å². The van der Waals surface area contributed by atoms with Crippen molar-refractivity contribution in [1.29, 1.82) is 0 Å². The Kier molecular flexibility index (Phi) is 10.2. The van der Waals surface area contributed by atoms with E-state index in [1.807, 2.05) is 6.07 Å². The van der Waals surface area contributed by atoms with Gasteiger partial charge in [-0.2, -0.15) is 0 Å². The van der Waals surface area contributed by atoms with Gasteiger partial charge in [0.15, 0.2) is 11.5 Å². The molecular formula is C25H26N4O7S2. The van der Waals surface area contributed by atoms with Crippen molar-refractivity contribution in [3.8, 4) is 11.5 Å². The van der Waals surface area contributed by atoms with Crippen LogP contribution in [0.1, 0.15) is 41.6 Å². The predicted octanol–water partition coefficient (Wildman–Crippen LogP) is 3.83. The molecule has 0 aromatic heterocycles. The molecule has 0 atom stereocenters. The van der Waals surface area contributed by atoms with Crippen LogP contribution in [0.2, 0.25) is 0 Å². The second-order valence-corrected chi connectivity index (χ2v) is 9.71. The Labute approximate surface area is 228 Å². The van der Waals surface area contributed by atoms with Crippen molar-refractivity contribution >= 4 is 57.8 Å². The molecule has 0 spiro atoms. The number of methoxy groups -OCH3 is 2. The molecule has 2 N–H and O–H groups in total. The van der Waals surface area contributed by atoms with E-state index in [-0.39, 0.29) is 23.6 Å². The largest absolute Gasteiger partial charge is 0.493 e. The van der Waals surface area contributed by atoms with Crippen molar-refractivity contribution in [2.75, 3.05) is 20.8 Å². The fourth-order valence-electron chi connectivity index (χ4n) is 3.60. The number of carbonyl (C=O) groups excluding carboxylic acids is 3. The summed E-state index contributed by atoms with van der Waals surface area (Å²) in [6.45, 7) is 0.421. The molecule has 0 saturated carbocycles. The first-order valence-electron chi connectivity index (χ1n) is 11.5. The van der Waals surface area contributed by atoms with Gasteiger partial charge in [-0.05, 0) is 42.7 Å². The number of benzene rings is 2. The van der Waals surface area contributed by atoms with Crippen LogP contribution in [0.3, 0.4) is 0 Å². The molecule has 0 aliphatic carbocycles. The van der Waals surface area contributed by atoms with Gasteiger partial charge in [-0.15, -0.1) is 0 Å². The molecule has 38 heavy (non-hydrogen) atoms. The number of hydrazine groups is 1. The van der Waals surface area contributed by atoms with E-state index in [1.54, 1.807) is 37.3 Å². The van der Waals surface area contributed by atoms with Crippen LogP contribution in [0.4, 0.5) is 5.69 Å². The van der Waals surface area contributed by atoms with Gasteiger partial charge >= 0.3 is 0 Å². The molecule has 200 valence electrons. The first kappa shape index (κ1) is 28.6. The minimum absolute atomic E-state index is 0.134. The summed E-state index contributed by atoms with van der Waals surface area (Å²) in [5, 5.41) is 11.0. The molecule has 0 bridgehead atoms. The number of para-hydroxylation sites is 1. The van der Waals surface area contributed by atoms with Crippen LogP contribution in [-0.4, -0.2) is 52.6 Å². The van der Waals surface area contributed by atoms with Crippen LogP contribution >= 0.6 is 24.0 Å². The molecule has 0 unspecified atom stereocenters. The first-order valence-corrected chi connectivity index (χ1v) is 12.8. The highest BCUT2D eigenvalue weighted by Crippen LogP contribution is 2.34. The summed E-state index contributed by atoms with van der Waals surface area (Å²) in [5.74, 6) is -0.234. The Bertz CT molecular complexity index is 1280. The van der Waals surface area contributed by atoms with E-state index in [0.29, 0.717) is 46.5 Å². The van der Waals surface area contributed by atoms with Crippen molar-refractivity contribution in [2.24, 2.45) is 0 Å².